The molecule has 8 heteroatoms. The average molecular weight is 452 g/mol. The summed E-state index contributed by atoms with van der Waals surface area (Å²) in [6, 6.07) is 7.03. The van der Waals surface area contributed by atoms with E-state index in [9.17, 15) is 18.0 Å². The summed E-state index contributed by atoms with van der Waals surface area (Å²) in [6.45, 7) is 5.56. The second-order valence-corrected chi connectivity index (χ2v) is 7.71. The second-order valence-electron chi connectivity index (χ2n) is 7.71. The van der Waals surface area contributed by atoms with Crippen molar-refractivity contribution in [1.29, 1.82) is 0 Å². The highest BCUT2D eigenvalue weighted by Crippen LogP contribution is 2.41. The Balaban J connectivity index is 0.00000141. The van der Waals surface area contributed by atoms with Crippen LogP contribution >= 0.6 is 0 Å². The van der Waals surface area contributed by atoms with Crippen molar-refractivity contribution in [1.82, 2.24) is 5.32 Å². The quantitative estimate of drug-likeness (QED) is 0.612. The number of fused-ring (bicyclic) bond motifs is 1. The van der Waals surface area contributed by atoms with Gasteiger partial charge in [0.1, 0.15) is 11.6 Å². The molecule has 2 saturated heterocycles. The van der Waals surface area contributed by atoms with Crippen LogP contribution in [-0.4, -0.2) is 32.1 Å². The van der Waals surface area contributed by atoms with Crippen molar-refractivity contribution in [3.63, 3.8) is 0 Å². The fourth-order valence-corrected chi connectivity index (χ4v) is 4.45. The van der Waals surface area contributed by atoms with Crippen LogP contribution in [0.25, 0.3) is 11.1 Å². The van der Waals surface area contributed by atoms with Crippen molar-refractivity contribution in [2.75, 3.05) is 25.1 Å². The molecule has 0 spiro atoms. The number of piperidine rings is 2. The van der Waals surface area contributed by atoms with Gasteiger partial charge in [-0.3, -0.25) is 4.79 Å². The fraction of sp³-hybridized carbons (Fsp3) is 0.458. The molecule has 0 bridgehead atoms. The number of hydrogen-bond donors (Lipinski definition) is 1. The molecule has 0 radical (unpaired) electrons. The maximum atomic E-state index is 15.1. The monoisotopic (exact) mass is 452 g/mol. The molecule has 2 fully saturated rings. The van der Waals surface area contributed by atoms with E-state index in [4.69, 9.17) is 4.74 Å². The lowest BCUT2D eigenvalue weighted by molar-refractivity contribution is -0.137. The fourth-order valence-electron chi connectivity index (χ4n) is 4.45. The molecule has 4 nitrogen and oxygen atoms in total. The molecule has 2 heterocycles. The van der Waals surface area contributed by atoms with Gasteiger partial charge in [0.2, 0.25) is 5.91 Å². The summed E-state index contributed by atoms with van der Waals surface area (Å²) in [4.78, 5) is 14.4. The van der Waals surface area contributed by atoms with E-state index in [1.807, 2.05) is 13.8 Å². The minimum atomic E-state index is -4.53. The molecule has 174 valence electrons. The van der Waals surface area contributed by atoms with Crippen molar-refractivity contribution < 1.29 is 27.1 Å². The Labute approximate surface area is 185 Å². The number of benzene rings is 2. The SMILES string of the molecule is CC.COc1cc(-c2cccc(C(F)(F)F)c2)c(F)cc1N1C(=O)CCC2CNCCC21. The van der Waals surface area contributed by atoms with Crippen LogP contribution < -0.4 is 15.0 Å². The number of rotatable bonds is 3. The maximum absolute atomic E-state index is 15.1. The first-order valence-electron chi connectivity index (χ1n) is 10.9. The number of nitrogens with zero attached hydrogens (tertiary/aromatic N) is 1. The van der Waals surface area contributed by atoms with E-state index in [2.05, 4.69) is 5.32 Å². The van der Waals surface area contributed by atoms with Crippen LogP contribution in [0.3, 0.4) is 0 Å². The lowest BCUT2D eigenvalue weighted by Crippen LogP contribution is -2.55. The standard InChI is InChI=1S/C22H22F4N2O2.C2H6/c1-30-20-10-16(13-3-2-4-15(9-13)22(24,25)26)17(23)11-19(20)28-18-7-8-27-12-14(18)5-6-21(28)29;1-2/h2-4,9-11,14,18,27H,5-8,12H2,1H3;1-2H3. The van der Waals surface area contributed by atoms with Crippen molar-refractivity contribution >= 4 is 11.6 Å². The predicted molar refractivity (Wildman–Crippen MR) is 116 cm³/mol. The number of alkyl halides is 3. The van der Waals surface area contributed by atoms with Crippen LogP contribution in [-0.2, 0) is 11.0 Å². The van der Waals surface area contributed by atoms with Gasteiger partial charge >= 0.3 is 6.18 Å². The predicted octanol–water partition coefficient (Wildman–Crippen LogP) is 5.65. The number of carbonyl (C=O) groups is 1. The molecule has 0 aliphatic carbocycles. The van der Waals surface area contributed by atoms with E-state index in [1.54, 1.807) is 4.90 Å². The molecule has 1 N–H and O–H groups in total. The minimum absolute atomic E-state index is 0.00646. The van der Waals surface area contributed by atoms with Crippen molar-refractivity contribution in [2.24, 2.45) is 5.92 Å². The molecule has 1 amide bonds. The molecule has 4 rings (SSSR count). The summed E-state index contributed by atoms with van der Waals surface area (Å²) < 4.78 is 59.8. The molecule has 2 aromatic carbocycles. The van der Waals surface area contributed by atoms with Crippen LogP contribution in [0.2, 0.25) is 0 Å². The first-order valence-corrected chi connectivity index (χ1v) is 10.9. The van der Waals surface area contributed by atoms with E-state index in [0.29, 0.717) is 12.1 Å². The zero-order valence-electron chi connectivity index (χ0n) is 18.4. The summed E-state index contributed by atoms with van der Waals surface area (Å²) in [6.07, 6.45) is -2.64. The number of hydrogen-bond acceptors (Lipinski definition) is 3. The van der Waals surface area contributed by atoms with E-state index in [-0.39, 0.29) is 34.7 Å². The average Bonchev–Trinajstić information content (AvgIpc) is 2.80. The van der Waals surface area contributed by atoms with E-state index in [0.717, 1.165) is 38.1 Å². The number of anilines is 1. The van der Waals surface area contributed by atoms with Crippen LogP contribution in [0.1, 0.15) is 38.7 Å². The Morgan fingerprint density at radius 2 is 1.88 bits per heavy atom. The van der Waals surface area contributed by atoms with Gasteiger partial charge < -0.3 is 15.0 Å². The topological polar surface area (TPSA) is 41.6 Å². The van der Waals surface area contributed by atoms with Gasteiger partial charge in [-0.1, -0.05) is 26.0 Å². The summed E-state index contributed by atoms with van der Waals surface area (Å²) >= 11 is 0. The summed E-state index contributed by atoms with van der Waals surface area (Å²) in [5, 5.41) is 3.32. The van der Waals surface area contributed by atoms with Crippen molar-refractivity contribution in [3.05, 3.63) is 47.8 Å². The molecule has 32 heavy (non-hydrogen) atoms. The number of methoxy groups -OCH3 is 1. The summed E-state index contributed by atoms with van der Waals surface area (Å²) in [7, 11) is 1.40. The van der Waals surface area contributed by atoms with Crippen molar-refractivity contribution in [3.8, 4) is 16.9 Å². The summed E-state index contributed by atoms with van der Waals surface area (Å²) in [5.41, 5.74) is -0.441. The Morgan fingerprint density at radius 1 is 1.12 bits per heavy atom. The highest BCUT2D eigenvalue weighted by Gasteiger charge is 2.39. The Morgan fingerprint density at radius 3 is 2.56 bits per heavy atom. The molecule has 2 atom stereocenters. The molecule has 2 unspecified atom stereocenters. The zero-order chi connectivity index (χ0) is 23.5. The van der Waals surface area contributed by atoms with E-state index >= 15 is 4.39 Å². The normalized spacial score (nSPS) is 20.8. The molecular formula is C24H28F4N2O2. The van der Waals surface area contributed by atoms with Crippen molar-refractivity contribution in [2.45, 2.75) is 45.3 Å². The van der Waals surface area contributed by atoms with Crippen LogP contribution in [0.5, 0.6) is 5.75 Å². The second kappa shape index (κ2) is 9.90. The molecule has 2 aromatic rings. The van der Waals surface area contributed by atoms with Gasteiger partial charge in [-0.05, 0) is 55.6 Å². The van der Waals surface area contributed by atoms with Gasteiger partial charge in [0.15, 0.2) is 0 Å². The molecule has 2 aliphatic rings. The number of nitrogens with one attached hydrogen (secondary N) is 1. The lowest BCUT2D eigenvalue weighted by atomic mass is 9.84. The Bertz CT molecular complexity index is 962. The third-order valence-corrected chi connectivity index (χ3v) is 5.93. The smallest absolute Gasteiger partial charge is 0.416 e. The molecule has 0 aromatic heterocycles. The third-order valence-electron chi connectivity index (χ3n) is 5.93. The van der Waals surface area contributed by atoms with Crippen LogP contribution in [0, 0.1) is 11.7 Å². The Hall–Kier alpha value is -2.61. The maximum Gasteiger partial charge on any atom is 0.416 e. The first-order chi connectivity index (χ1) is 15.3. The summed E-state index contributed by atoms with van der Waals surface area (Å²) in [5.74, 6) is -0.264. The molecule has 2 aliphatic heterocycles. The van der Waals surface area contributed by atoms with Gasteiger partial charge in [0.05, 0.1) is 18.4 Å². The van der Waals surface area contributed by atoms with E-state index in [1.165, 1.54) is 31.4 Å². The van der Waals surface area contributed by atoms with Gasteiger partial charge in [0, 0.05) is 24.1 Å². The Kier molecular flexibility index (Phi) is 7.44. The number of amides is 1. The first kappa shape index (κ1) is 24.0. The number of halogens is 4. The van der Waals surface area contributed by atoms with E-state index < -0.39 is 17.6 Å². The number of carbonyl (C=O) groups excluding carboxylic acids is 1. The highest BCUT2D eigenvalue weighted by atomic mass is 19.4. The molecule has 0 saturated carbocycles. The van der Waals surface area contributed by atoms with Crippen LogP contribution in [0.4, 0.5) is 23.2 Å². The largest absolute Gasteiger partial charge is 0.495 e. The van der Waals surface area contributed by atoms with Gasteiger partial charge in [-0.25, -0.2) is 4.39 Å². The minimum Gasteiger partial charge on any atom is -0.495 e. The highest BCUT2D eigenvalue weighted by molar-refractivity contribution is 5.97. The lowest BCUT2D eigenvalue weighted by Gasteiger charge is -2.44. The molecular weight excluding hydrogens is 424 g/mol. The van der Waals surface area contributed by atoms with Crippen LogP contribution in [0.15, 0.2) is 36.4 Å². The third kappa shape index (κ3) is 4.75. The number of ether oxygens (including phenoxy) is 1. The van der Waals surface area contributed by atoms with Gasteiger partial charge in [-0.15, -0.1) is 0 Å². The van der Waals surface area contributed by atoms with Gasteiger partial charge in [0.25, 0.3) is 0 Å². The van der Waals surface area contributed by atoms with Gasteiger partial charge in [-0.2, -0.15) is 13.2 Å². The zero-order valence-corrected chi connectivity index (χ0v) is 18.4.